The van der Waals surface area contributed by atoms with E-state index in [1.807, 2.05) is 20.8 Å². The highest BCUT2D eigenvalue weighted by atomic mass is 16.5. The summed E-state index contributed by atoms with van der Waals surface area (Å²) >= 11 is 0. The van der Waals surface area contributed by atoms with Crippen LogP contribution in [0.2, 0.25) is 0 Å². The van der Waals surface area contributed by atoms with Crippen molar-refractivity contribution in [1.29, 1.82) is 0 Å². The second kappa shape index (κ2) is 7.09. The molecule has 0 unspecified atom stereocenters. The first-order valence-electron chi connectivity index (χ1n) is 7.93. The Balaban J connectivity index is 1.77. The quantitative estimate of drug-likeness (QED) is 0.899. The second-order valence-electron chi connectivity index (χ2n) is 6.26. The van der Waals surface area contributed by atoms with E-state index in [9.17, 15) is 4.79 Å². The van der Waals surface area contributed by atoms with Gasteiger partial charge in [0.25, 0.3) is 0 Å². The Morgan fingerprint density at radius 1 is 1.50 bits per heavy atom. The molecule has 0 aromatic carbocycles. The number of ether oxygens (including phenoxy) is 1. The van der Waals surface area contributed by atoms with E-state index in [0.717, 1.165) is 6.42 Å². The standard InChI is InChI=1S/C15H26N4O3/c1-5-15(4)10-19(8-9-21-15)14(20)16-7-6-12-17-13(11(2)3)18-22-12/h11H,5-10H2,1-4H3,(H,16,20)/t15-/m1/s1. The number of aromatic nitrogens is 2. The molecule has 1 N–H and O–H groups in total. The summed E-state index contributed by atoms with van der Waals surface area (Å²) in [7, 11) is 0. The van der Waals surface area contributed by atoms with Crippen molar-refractivity contribution in [3.05, 3.63) is 11.7 Å². The van der Waals surface area contributed by atoms with Crippen molar-refractivity contribution in [1.82, 2.24) is 20.4 Å². The van der Waals surface area contributed by atoms with E-state index < -0.39 is 0 Å². The Hall–Kier alpha value is -1.63. The zero-order valence-corrected chi connectivity index (χ0v) is 13.9. The van der Waals surface area contributed by atoms with Gasteiger partial charge in [0.1, 0.15) is 0 Å². The lowest BCUT2D eigenvalue weighted by Crippen LogP contribution is -2.54. The smallest absolute Gasteiger partial charge is 0.317 e. The fourth-order valence-electron chi connectivity index (χ4n) is 2.31. The number of carbonyl (C=O) groups is 1. The SMILES string of the molecule is CC[C@]1(C)CN(C(=O)NCCc2nc(C(C)C)no2)CCO1. The number of amides is 2. The van der Waals surface area contributed by atoms with Crippen LogP contribution >= 0.6 is 0 Å². The van der Waals surface area contributed by atoms with Crippen LogP contribution in [0.1, 0.15) is 51.7 Å². The molecule has 2 rings (SSSR count). The van der Waals surface area contributed by atoms with Crippen LogP contribution in [-0.2, 0) is 11.2 Å². The van der Waals surface area contributed by atoms with Gasteiger partial charge in [-0.1, -0.05) is 25.9 Å². The van der Waals surface area contributed by atoms with Gasteiger partial charge in [0.2, 0.25) is 5.89 Å². The highest BCUT2D eigenvalue weighted by molar-refractivity contribution is 5.74. The molecule has 0 saturated carbocycles. The number of carbonyl (C=O) groups excluding carboxylic acids is 1. The Labute approximate surface area is 131 Å². The summed E-state index contributed by atoms with van der Waals surface area (Å²) in [6.07, 6.45) is 1.43. The fraction of sp³-hybridized carbons (Fsp3) is 0.800. The molecule has 0 radical (unpaired) electrons. The van der Waals surface area contributed by atoms with E-state index in [2.05, 4.69) is 22.4 Å². The zero-order valence-electron chi connectivity index (χ0n) is 13.9. The topological polar surface area (TPSA) is 80.5 Å². The molecule has 1 aromatic rings. The maximum Gasteiger partial charge on any atom is 0.317 e. The van der Waals surface area contributed by atoms with E-state index >= 15 is 0 Å². The summed E-state index contributed by atoms with van der Waals surface area (Å²) in [5, 5.41) is 6.81. The summed E-state index contributed by atoms with van der Waals surface area (Å²) in [5.41, 5.74) is -0.242. The Morgan fingerprint density at radius 2 is 2.27 bits per heavy atom. The molecule has 0 spiro atoms. The summed E-state index contributed by atoms with van der Waals surface area (Å²) < 4.78 is 10.9. The van der Waals surface area contributed by atoms with Crippen molar-refractivity contribution in [2.24, 2.45) is 0 Å². The van der Waals surface area contributed by atoms with Crippen molar-refractivity contribution in [2.45, 2.75) is 52.1 Å². The molecular weight excluding hydrogens is 284 g/mol. The van der Waals surface area contributed by atoms with Gasteiger partial charge in [0.15, 0.2) is 5.82 Å². The van der Waals surface area contributed by atoms with E-state index in [1.165, 1.54) is 0 Å². The number of urea groups is 1. The lowest BCUT2D eigenvalue weighted by atomic mass is 10.0. The fourth-order valence-corrected chi connectivity index (χ4v) is 2.31. The number of nitrogens with zero attached hydrogens (tertiary/aromatic N) is 3. The third kappa shape index (κ3) is 4.19. The highest BCUT2D eigenvalue weighted by Crippen LogP contribution is 2.20. The van der Waals surface area contributed by atoms with Gasteiger partial charge in [0, 0.05) is 25.4 Å². The van der Waals surface area contributed by atoms with Crippen LogP contribution in [0.3, 0.4) is 0 Å². The molecule has 22 heavy (non-hydrogen) atoms. The van der Waals surface area contributed by atoms with Crippen LogP contribution in [0.15, 0.2) is 4.52 Å². The molecule has 2 amide bonds. The van der Waals surface area contributed by atoms with Crippen molar-refractivity contribution in [3.8, 4) is 0 Å². The predicted octanol–water partition coefficient (Wildman–Crippen LogP) is 1.95. The van der Waals surface area contributed by atoms with Crippen LogP contribution in [0, 0.1) is 0 Å². The van der Waals surface area contributed by atoms with E-state index in [-0.39, 0.29) is 17.6 Å². The normalized spacial score (nSPS) is 22.1. The molecule has 2 heterocycles. The average Bonchev–Trinajstić information content (AvgIpc) is 2.96. The number of morpholine rings is 1. The van der Waals surface area contributed by atoms with Crippen LogP contribution in [-0.4, -0.2) is 52.9 Å². The van der Waals surface area contributed by atoms with Gasteiger partial charge in [0.05, 0.1) is 18.8 Å². The number of nitrogens with one attached hydrogen (secondary N) is 1. The van der Waals surface area contributed by atoms with E-state index in [1.54, 1.807) is 4.90 Å². The van der Waals surface area contributed by atoms with Crippen LogP contribution < -0.4 is 5.32 Å². The number of hydrogen-bond acceptors (Lipinski definition) is 5. The molecule has 1 fully saturated rings. The summed E-state index contributed by atoms with van der Waals surface area (Å²) in [4.78, 5) is 18.3. The van der Waals surface area contributed by atoms with Gasteiger partial charge in [-0.05, 0) is 13.3 Å². The molecule has 7 nitrogen and oxygen atoms in total. The zero-order chi connectivity index (χ0) is 16.2. The predicted molar refractivity (Wildman–Crippen MR) is 81.7 cm³/mol. The summed E-state index contributed by atoms with van der Waals surface area (Å²) in [6, 6.07) is -0.0634. The first-order chi connectivity index (χ1) is 10.4. The summed E-state index contributed by atoms with van der Waals surface area (Å²) in [5.74, 6) is 1.50. The van der Waals surface area contributed by atoms with Crippen molar-refractivity contribution in [2.75, 3.05) is 26.2 Å². The maximum atomic E-state index is 12.2. The highest BCUT2D eigenvalue weighted by Gasteiger charge is 2.32. The molecule has 1 aliphatic rings. The molecule has 1 saturated heterocycles. The van der Waals surface area contributed by atoms with Crippen LogP contribution in [0.5, 0.6) is 0 Å². The maximum absolute atomic E-state index is 12.2. The average molecular weight is 310 g/mol. The monoisotopic (exact) mass is 310 g/mol. The first kappa shape index (κ1) is 16.7. The van der Waals surface area contributed by atoms with Crippen molar-refractivity contribution in [3.63, 3.8) is 0 Å². The molecule has 124 valence electrons. The van der Waals surface area contributed by atoms with Crippen LogP contribution in [0.25, 0.3) is 0 Å². The molecule has 0 bridgehead atoms. The van der Waals surface area contributed by atoms with Gasteiger partial charge in [-0.15, -0.1) is 0 Å². The van der Waals surface area contributed by atoms with Gasteiger partial charge in [-0.3, -0.25) is 0 Å². The Bertz CT molecular complexity index is 503. The summed E-state index contributed by atoms with van der Waals surface area (Å²) in [6.45, 7) is 10.4. The second-order valence-corrected chi connectivity index (χ2v) is 6.26. The first-order valence-corrected chi connectivity index (χ1v) is 7.93. The minimum absolute atomic E-state index is 0.0634. The van der Waals surface area contributed by atoms with Gasteiger partial charge in [-0.2, -0.15) is 4.98 Å². The van der Waals surface area contributed by atoms with Gasteiger partial charge < -0.3 is 19.5 Å². The lowest BCUT2D eigenvalue weighted by molar-refractivity contribution is -0.0872. The number of hydrogen-bond donors (Lipinski definition) is 1. The molecule has 1 aliphatic heterocycles. The molecular formula is C15H26N4O3. The number of rotatable bonds is 5. The Kier molecular flexibility index (Phi) is 5.39. The minimum atomic E-state index is -0.242. The third-order valence-corrected chi connectivity index (χ3v) is 3.99. The molecule has 0 aliphatic carbocycles. The van der Waals surface area contributed by atoms with Gasteiger partial charge >= 0.3 is 6.03 Å². The van der Waals surface area contributed by atoms with E-state index in [4.69, 9.17) is 9.26 Å². The molecule has 7 heteroatoms. The minimum Gasteiger partial charge on any atom is -0.372 e. The van der Waals surface area contributed by atoms with Crippen LogP contribution in [0.4, 0.5) is 4.79 Å². The lowest BCUT2D eigenvalue weighted by Gasteiger charge is -2.39. The van der Waals surface area contributed by atoms with Crippen molar-refractivity contribution < 1.29 is 14.1 Å². The third-order valence-electron chi connectivity index (χ3n) is 3.99. The molecule has 1 aromatic heterocycles. The Morgan fingerprint density at radius 3 is 2.91 bits per heavy atom. The molecule has 1 atom stereocenters. The largest absolute Gasteiger partial charge is 0.372 e. The van der Waals surface area contributed by atoms with E-state index in [0.29, 0.717) is 44.4 Å². The van der Waals surface area contributed by atoms with Crippen molar-refractivity contribution >= 4 is 6.03 Å². The van der Waals surface area contributed by atoms with Gasteiger partial charge in [-0.25, -0.2) is 4.79 Å².